The molecular formula is C19H20F3N3O. The Labute approximate surface area is 148 Å². The molecule has 0 bridgehead atoms. The van der Waals surface area contributed by atoms with Gasteiger partial charge in [0.1, 0.15) is 0 Å². The average molecular weight is 363 g/mol. The van der Waals surface area contributed by atoms with Crippen LogP contribution >= 0.6 is 0 Å². The van der Waals surface area contributed by atoms with Crippen molar-refractivity contribution in [1.29, 1.82) is 0 Å². The lowest BCUT2D eigenvalue weighted by Crippen LogP contribution is -2.31. The van der Waals surface area contributed by atoms with Crippen molar-refractivity contribution in [2.24, 2.45) is 0 Å². The summed E-state index contributed by atoms with van der Waals surface area (Å²) in [6.07, 6.45) is -1.66. The van der Waals surface area contributed by atoms with E-state index in [1.807, 2.05) is 17.6 Å². The number of hydrogen-bond acceptors (Lipinski definition) is 3. The van der Waals surface area contributed by atoms with Crippen molar-refractivity contribution >= 4 is 21.8 Å². The van der Waals surface area contributed by atoms with E-state index in [4.69, 9.17) is 0 Å². The van der Waals surface area contributed by atoms with Crippen LogP contribution in [0, 0.1) is 6.92 Å². The fourth-order valence-electron chi connectivity index (χ4n) is 3.90. The molecule has 1 fully saturated rings. The van der Waals surface area contributed by atoms with Gasteiger partial charge in [0, 0.05) is 28.5 Å². The first-order valence-corrected chi connectivity index (χ1v) is 8.72. The zero-order chi connectivity index (χ0) is 18.5. The summed E-state index contributed by atoms with van der Waals surface area (Å²) in [5.74, 6) is 0. The second-order valence-electron chi connectivity index (χ2n) is 6.92. The van der Waals surface area contributed by atoms with Gasteiger partial charge in [-0.1, -0.05) is 0 Å². The van der Waals surface area contributed by atoms with E-state index >= 15 is 0 Å². The number of aryl methyl sites for hydroxylation is 1. The number of β-amino-alcohol motifs (C(OH)–C–C–N with tert-alkyl or cyclic N) is 1. The molecule has 1 aromatic carbocycles. The summed E-state index contributed by atoms with van der Waals surface area (Å²) in [6.45, 7) is 3.10. The van der Waals surface area contributed by atoms with Crippen LogP contribution in [0.1, 0.15) is 30.1 Å². The van der Waals surface area contributed by atoms with Crippen LogP contribution in [0.3, 0.4) is 0 Å². The van der Waals surface area contributed by atoms with E-state index in [9.17, 15) is 18.3 Å². The maximum absolute atomic E-state index is 13.2. The molecule has 1 saturated heterocycles. The molecule has 0 saturated carbocycles. The van der Waals surface area contributed by atoms with Gasteiger partial charge >= 0.3 is 6.18 Å². The van der Waals surface area contributed by atoms with Gasteiger partial charge in [0.05, 0.1) is 29.4 Å². The fourth-order valence-corrected chi connectivity index (χ4v) is 3.90. The molecule has 7 heteroatoms. The molecule has 0 unspecified atom stereocenters. The number of nitrogens with zero attached hydrogens (tertiary/aromatic N) is 2. The van der Waals surface area contributed by atoms with Crippen molar-refractivity contribution in [3.8, 4) is 0 Å². The number of halogens is 3. The number of hydrogen-bond donors (Lipinski definition) is 2. The second-order valence-corrected chi connectivity index (χ2v) is 6.92. The van der Waals surface area contributed by atoms with Gasteiger partial charge in [-0.15, -0.1) is 0 Å². The molecule has 2 atom stereocenters. The van der Waals surface area contributed by atoms with Gasteiger partial charge in [-0.3, -0.25) is 4.98 Å². The third kappa shape index (κ3) is 2.85. The first kappa shape index (κ1) is 17.3. The van der Waals surface area contributed by atoms with Gasteiger partial charge in [0.15, 0.2) is 0 Å². The smallest absolute Gasteiger partial charge is 0.390 e. The third-order valence-corrected chi connectivity index (χ3v) is 5.14. The van der Waals surface area contributed by atoms with Gasteiger partial charge in [-0.2, -0.15) is 13.2 Å². The molecule has 0 aliphatic carbocycles. The van der Waals surface area contributed by atoms with Gasteiger partial charge in [0.2, 0.25) is 0 Å². The SMILES string of the molecule is Cc1cc2c3cc(C(F)(F)F)ccc3n([C@@H]3CCCNC[C@H]3O)c2cn1. The molecule has 0 spiro atoms. The van der Waals surface area contributed by atoms with Crippen molar-refractivity contribution in [2.75, 3.05) is 13.1 Å². The molecule has 4 rings (SSSR count). The Morgan fingerprint density at radius 1 is 1.19 bits per heavy atom. The molecule has 3 aromatic rings. The average Bonchev–Trinajstić information content (AvgIpc) is 2.74. The molecule has 2 N–H and O–H groups in total. The quantitative estimate of drug-likeness (QED) is 0.691. The molecule has 4 nitrogen and oxygen atoms in total. The number of benzene rings is 1. The van der Waals surface area contributed by atoms with Crippen molar-refractivity contribution < 1.29 is 18.3 Å². The summed E-state index contributed by atoms with van der Waals surface area (Å²) < 4.78 is 41.6. The van der Waals surface area contributed by atoms with Crippen LogP contribution < -0.4 is 5.32 Å². The Bertz CT molecular complexity index is 964. The lowest BCUT2D eigenvalue weighted by Gasteiger charge is -2.24. The van der Waals surface area contributed by atoms with Crippen LogP contribution in [0.25, 0.3) is 21.8 Å². The molecule has 1 aliphatic heterocycles. The predicted molar refractivity (Wildman–Crippen MR) is 94.1 cm³/mol. The van der Waals surface area contributed by atoms with Crippen molar-refractivity contribution in [1.82, 2.24) is 14.9 Å². The van der Waals surface area contributed by atoms with Crippen LogP contribution in [-0.2, 0) is 6.18 Å². The highest BCUT2D eigenvalue weighted by Gasteiger charge is 2.32. The zero-order valence-corrected chi connectivity index (χ0v) is 14.3. The summed E-state index contributed by atoms with van der Waals surface area (Å²) in [5.41, 5.74) is 1.54. The molecule has 26 heavy (non-hydrogen) atoms. The number of pyridine rings is 1. The lowest BCUT2D eigenvalue weighted by atomic mass is 10.1. The third-order valence-electron chi connectivity index (χ3n) is 5.14. The summed E-state index contributed by atoms with van der Waals surface area (Å²) >= 11 is 0. The number of aromatic nitrogens is 2. The lowest BCUT2D eigenvalue weighted by molar-refractivity contribution is -0.137. The van der Waals surface area contributed by atoms with Gasteiger partial charge in [-0.05, 0) is 50.6 Å². The van der Waals surface area contributed by atoms with Gasteiger partial charge in [0.25, 0.3) is 0 Å². The minimum Gasteiger partial charge on any atom is -0.390 e. The number of aliphatic hydroxyl groups excluding tert-OH is 1. The Balaban J connectivity index is 2.01. The Morgan fingerprint density at radius 2 is 1.96 bits per heavy atom. The maximum Gasteiger partial charge on any atom is 0.416 e. The summed E-state index contributed by atoms with van der Waals surface area (Å²) in [7, 11) is 0. The van der Waals surface area contributed by atoms with E-state index in [0.717, 1.165) is 42.0 Å². The highest BCUT2D eigenvalue weighted by Crippen LogP contribution is 2.38. The highest BCUT2D eigenvalue weighted by atomic mass is 19.4. The van der Waals surface area contributed by atoms with Crippen LogP contribution in [0.5, 0.6) is 0 Å². The summed E-state index contributed by atoms with van der Waals surface area (Å²) in [4.78, 5) is 4.34. The minimum absolute atomic E-state index is 0.203. The van der Waals surface area contributed by atoms with Crippen LogP contribution in [0.4, 0.5) is 13.2 Å². The molecule has 138 valence electrons. The van der Waals surface area contributed by atoms with E-state index < -0.39 is 17.8 Å². The van der Waals surface area contributed by atoms with Gasteiger partial charge in [-0.25, -0.2) is 0 Å². The largest absolute Gasteiger partial charge is 0.416 e. The molecule has 0 amide bonds. The topological polar surface area (TPSA) is 50.1 Å². The van der Waals surface area contributed by atoms with Crippen LogP contribution in [-0.4, -0.2) is 33.9 Å². The summed E-state index contributed by atoms with van der Waals surface area (Å²) in [5, 5.41) is 15.1. The predicted octanol–water partition coefficient (Wildman–Crippen LogP) is 3.80. The van der Waals surface area contributed by atoms with E-state index in [0.29, 0.717) is 17.4 Å². The normalized spacial score (nSPS) is 22.0. The minimum atomic E-state index is -4.39. The standard InChI is InChI=1S/C19H20F3N3O/c1-11-7-13-14-8-12(19(20,21)22)4-5-15(14)25(17(13)9-24-11)16-3-2-6-23-10-18(16)26/h4-5,7-9,16,18,23,26H,2-3,6,10H2,1H3/t16-,18-/m1/s1. The molecule has 0 radical (unpaired) electrons. The first-order chi connectivity index (χ1) is 12.4. The molecule has 3 heterocycles. The van der Waals surface area contributed by atoms with Crippen molar-refractivity contribution in [2.45, 2.75) is 38.1 Å². The number of rotatable bonds is 1. The Morgan fingerprint density at radius 3 is 2.73 bits per heavy atom. The molecular weight excluding hydrogens is 343 g/mol. The monoisotopic (exact) mass is 363 g/mol. The van der Waals surface area contributed by atoms with E-state index in [2.05, 4.69) is 10.3 Å². The van der Waals surface area contributed by atoms with Crippen LogP contribution in [0.15, 0.2) is 30.5 Å². The zero-order valence-electron chi connectivity index (χ0n) is 14.3. The number of alkyl halides is 3. The van der Waals surface area contributed by atoms with Crippen molar-refractivity contribution in [3.05, 3.63) is 41.7 Å². The summed E-state index contributed by atoms with van der Waals surface area (Å²) in [6, 6.07) is 5.44. The first-order valence-electron chi connectivity index (χ1n) is 8.72. The van der Waals surface area contributed by atoms with Crippen LogP contribution in [0.2, 0.25) is 0 Å². The number of aliphatic hydroxyl groups is 1. The highest BCUT2D eigenvalue weighted by molar-refractivity contribution is 6.08. The van der Waals surface area contributed by atoms with Crippen molar-refractivity contribution in [3.63, 3.8) is 0 Å². The Kier molecular flexibility index (Phi) is 4.16. The van der Waals surface area contributed by atoms with E-state index in [1.54, 1.807) is 6.20 Å². The maximum atomic E-state index is 13.2. The fraction of sp³-hybridized carbons (Fsp3) is 0.421. The number of fused-ring (bicyclic) bond motifs is 3. The molecule has 2 aromatic heterocycles. The Hall–Kier alpha value is -2.12. The number of nitrogens with one attached hydrogen (secondary N) is 1. The second kappa shape index (κ2) is 6.25. The van der Waals surface area contributed by atoms with Gasteiger partial charge < -0.3 is 15.0 Å². The molecule has 1 aliphatic rings. The van der Waals surface area contributed by atoms with E-state index in [-0.39, 0.29) is 6.04 Å². The van der Waals surface area contributed by atoms with E-state index in [1.165, 1.54) is 12.1 Å².